The number of aromatic nitrogens is 3. The molecule has 8 heteroatoms. The molecule has 20 heavy (non-hydrogen) atoms. The molecule has 0 bridgehead atoms. The van der Waals surface area contributed by atoms with Gasteiger partial charge < -0.3 is 20.1 Å². The average molecular weight is 278 g/mol. The van der Waals surface area contributed by atoms with E-state index in [-0.39, 0.29) is 30.2 Å². The molecule has 0 saturated heterocycles. The zero-order chi connectivity index (χ0) is 14.4. The van der Waals surface area contributed by atoms with E-state index < -0.39 is 6.29 Å². The summed E-state index contributed by atoms with van der Waals surface area (Å²) < 4.78 is 2.64. The van der Waals surface area contributed by atoms with Crippen molar-refractivity contribution in [3.63, 3.8) is 0 Å². The van der Waals surface area contributed by atoms with E-state index in [1.165, 1.54) is 9.08 Å². The Hall–Kier alpha value is -2.19. The summed E-state index contributed by atoms with van der Waals surface area (Å²) in [4.78, 5) is 24.2. The van der Waals surface area contributed by atoms with Gasteiger partial charge in [0.2, 0.25) is 0 Å². The van der Waals surface area contributed by atoms with Crippen LogP contribution in [0.3, 0.4) is 0 Å². The third-order valence-corrected chi connectivity index (χ3v) is 3.37. The summed E-state index contributed by atoms with van der Waals surface area (Å²) in [7, 11) is 0. The molecule has 0 aliphatic carbocycles. The van der Waals surface area contributed by atoms with Gasteiger partial charge in [0.25, 0.3) is 11.5 Å². The fourth-order valence-corrected chi connectivity index (χ4v) is 2.46. The van der Waals surface area contributed by atoms with Crippen molar-refractivity contribution in [2.24, 2.45) is 0 Å². The van der Waals surface area contributed by atoms with Crippen molar-refractivity contribution in [2.75, 3.05) is 0 Å². The van der Waals surface area contributed by atoms with E-state index in [0.29, 0.717) is 23.3 Å². The largest absolute Gasteiger partial charge is 0.367 e. The van der Waals surface area contributed by atoms with Crippen LogP contribution in [-0.4, -0.2) is 36.6 Å². The van der Waals surface area contributed by atoms with Crippen LogP contribution in [0.1, 0.15) is 28.7 Å². The number of carbonyl (C=O) groups excluding carboxylic acids is 1. The zero-order valence-electron chi connectivity index (χ0n) is 10.8. The van der Waals surface area contributed by atoms with Gasteiger partial charge in [0.05, 0.1) is 24.3 Å². The molecule has 0 saturated carbocycles. The summed E-state index contributed by atoms with van der Waals surface area (Å²) in [6.07, 6.45) is -0.988. The van der Waals surface area contributed by atoms with Gasteiger partial charge in [0, 0.05) is 6.07 Å². The molecule has 0 unspecified atom stereocenters. The van der Waals surface area contributed by atoms with Gasteiger partial charge in [0.1, 0.15) is 11.3 Å². The van der Waals surface area contributed by atoms with Gasteiger partial charge in [-0.3, -0.25) is 9.59 Å². The lowest BCUT2D eigenvalue weighted by Gasteiger charge is -2.13. The minimum atomic E-state index is -1.63. The van der Waals surface area contributed by atoms with Gasteiger partial charge in [-0.15, -0.1) is 0 Å². The predicted octanol–water partition coefficient (Wildman–Crippen LogP) is -1.39. The van der Waals surface area contributed by atoms with Crippen molar-refractivity contribution in [3.05, 3.63) is 33.4 Å². The SMILES string of the molecule is CCc1cc2n(CC(O)O)c3c(c(=O)n2n1)CNC3=O. The molecule has 2 aromatic heterocycles. The number of rotatable bonds is 3. The quantitative estimate of drug-likeness (QED) is 0.599. The minimum Gasteiger partial charge on any atom is -0.367 e. The van der Waals surface area contributed by atoms with Crippen molar-refractivity contribution in [3.8, 4) is 0 Å². The molecule has 1 amide bonds. The molecule has 0 radical (unpaired) electrons. The van der Waals surface area contributed by atoms with E-state index in [0.717, 1.165) is 0 Å². The Kier molecular flexibility index (Phi) is 2.84. The van der Waals surface area contributed by atoms with Crippen LogP contribution in [0.15, 0.2) is 10.9 Å². The lowest BCUT2D eigenvalue weighted by molar-refractivity contribution is -0.0509. The number of nitrogens with zero attached hydrogens (tertiary/aromatic N) is 3. The van der Waals surface area contributed by atoms with Gasteiger partial charge in [-0.05, 0) is 6.42 Å². The molecule has 1 aliphatic rings. The summed E-state index contributed by atoms with van der Waals surface area (Å²) in [6.45, 7) is 1.83. The molecular formula is C12H14N4O4. The summed E-state index contributed by atoms with van der Waals surface area (Å²) in [5.41, 5.74) is 1.21. The Balaban J connectivity index is 2.39. The van der Waals surface area contributed by atoms with Crippen LogP contribution >= 0.6 is 0 Å². The highest BCUT2D eigenvalue weighted by atomic mass is 16.5. The monoisotopic (exact) mass is 278 g/mol. The number of carbonyl (C=O) groups is 1. The molecule has 3 N–H and O–H groups in total. The Labute approximate surface area is 113 Å². The second-order valence-electron chi connectivity index (χ2n) is 4.67. The highest BCUT2D eigenvalue weighted by Gasteiger charge is 2.29. The van der Waals surface area contributed by atoms with Crippen LogP contribution in [0.4, 0.5) is 0 Å². The average Bonchev–Trinajstić information content (AvgIpc) is 2.98. The molecule has 3 rings (SSSR count). The maximum Gasteiger partial charge on any atom is 0.280 e. The predicted molar refractivity (Wildman–Crippen MR) is 68.2 cm³/mol. The van der Waals surface area contributed by atoms with Gasteiger partial charge in [-0.1, -0.05) is 6.92 Å². The number of nitrogens with one attached hydrogen (secondary N) is 1. The van der Waals surface area contributed by atoms with E-state index in [9.17, 15) is 19.8 Å². The molecule has 2 aromatic rings. The molecular weight excluding hydrogens is 264 g/mol. The second kappa shape index (κ2) is 4.43. The van der Waals surface area contributed by atoms with Crippen molar-refractivity contribution < 1.29 is 15.0 Å². The number of aliphatic hydroxyl groups is 2. The van der Waals surface area contributed by atoms with E-state index in [1.54, 1.807) is 6.07 Å². The van der Waals surface area contributed by atoms with Crippen molar-refractivity contribution in [1.82, 2.24) is 19.5 Å². The number of aryl methyl sites for hydroxylation is 1. The number of hydrogen-bond donors (Lipinski definition) is 3. The van der Waals surface area contributed by atoms with E-state index >= 15 is 0 Å². The first-order valence-electron chi connectivity index (χ1n) is 6.31. The van der Waals surface area contributed by atoms with Crippen LogP contribution in [-0.2, 0) is 19.5 Å². The summed E-state index contributed by atoms with van der Waals surface area (Å²) in [6, 6.07) is 1.68. The van der Waals surface area contributed by atoms with Crippen LogP contribution in [0, 0.1) is 0 Å². The summed E-state index contributed by atoms with van der Waals surface area (Å²) in [5.74, 6) is -0.389. The third kappa shape index (κ3) is 1.73. The Morgan fingerprint density at radius 3 is 2.85 bits per heavy atom. The Morgan fingerprint density at radius 1 is 1.45 bits per heavy atom. The second-order valence-corrected chi connectivity index (χ2v) is 4.67. The van der Waals surface area contributed by atoms with E-state index in [1.807, 2.05) is 6.92 Å². The molecule has 0 atom stereocenters. The normalized spacial score (nSPS) is 14.1. The number of aliphatic hydroxyl groups excluding tert-OH is 1. The maximum atomic E-state index is 12.3. The van der Waals surface area contributed by atoms with Gasteiger partial charge in [-0.25, -0.2) is 0 Å². The van der Waals surface area contributed by atoms with Crippen molar-refractivity contribution in [2.45, 2.75) is 32.7 Å². The van der Waals surface area contributed by atoms with Gasteiger partial charge >= 0.3 is 0 Å². The third-order valence-electron chi connectivity index (χ3n) is 3.37. The Morgan fingerprint density at radius 2 is 2.20 bits per heavy atom. The Bertz CT molecular complexity index is 759. The zero-order valence-corrected chi connectivity index (χ0v) is 10.8. The smallest absolute Gasteiger partial charge is 0.280 e. The lowest BCUT2D eigenvalue weighted by atomic mass is 10.2. The minimum absolute atomic E-state index is 0.131. The molecule has 0 spiro atoms. The van der Waals surface area contributed by atoms with Crippen LogP contribution < -0.4 is 10.9 Å². The first kappa shape index (κ1) is 12.8. The van der Waals surface area contributed by atoms with E-state index in [4.69, 9.17) is 0 Å². The van der Waals surface area contributed by atoms with E-state index in [2.05, 4.69) is 10.4 Å². The topological polar surface area (TPSA) is 109 Å². The summed E-state index contributed by atoms with van der Waals surface area (Å²) in [5, 5.41) is 25.2. The van der Waals surface area contributed by atoms with Crippen molar-refractivity contribution in [1.29, 1.82) is 0 Å². The first-order chi connectivity index (χ1) is 9.52. The van der Waals surface area contributed by atoms with Gasteiger partial charge in [-0.2, -0.15) is 9.61 Å². The molecule has 3 heterocycles. The number of hydrogen-bond acceptors (Lipinski definition) is 5. The molecule has 0 fully saturated rings. The van der Waals surface area contributed by atoms with Gasteiger partial charge in [0.15, 0.2) is 6.29 Å². The number of amides is 1. The highest BCUT2D eigenvalue weighted by Crippen LogP contribution is 2.17. The fourth-order valence-electron chi connectivity index (χ4n) is 2.46. The lowest BCUT2D eigenvalue weighted by Crippen LogP contribution is -2.28. The highest BCUT2D eigenvalue weighted by molar-refractivity contribution is 5.97. The molecule has 8 nitrogen and oxygen atoms in total. The van der Waals surface area contributed by atoms with Crippen LogP contribution in [0.2, 0.25) is 0 Å². The first-order valence-corrected chi connectivity index (χ1v) is 6.31. The molecule has 0 aromatic carbocycles. The number of fused-ring (bicyclic) bond motifs is 2. The fraction of sp³-hybridized carbons (Fsp3) is 0.417. The van der Waals surface area contributed by atoms with Crippen LogP contribution in [0.5, 0.6) is 0 Å². The molecule has 1 aliphatic heterocycles. The molecule has 106 valence electrons. The maximum absolute atomic E-state index is 12.3. The summed E-state index contributed by atoms with van der Waals surface area (Å²) >= 11 is 0. The van der Waals surface area contributed by atoms with Crippen molar-refractivity contribution >= 4 is 11.6 Å². The standard InChI is InChI=1S/C12H14N4O4/c1-2-6-3-8-15(5-9(17)18)10-7(4-13-11(10)19)12(20)16(8)14-6/h3,9,17-18H,2,4-5H2,1H3,(H,13,19). The van der Waals surface area contributed by atoms with Crippen LogP contribution in [0.25, 0.3) is 5.65 Å².